The Hall–Kier alpha value is -15.9. The third-order valence-corrected chi connectivity index (χ3v) is 24.2. The fourth-order valence-corrected chi connectivity index (χ4v) is 18.8. The van der Waals surface area contributed by atoms with Gasteiger partial charge < -0.3 is 9.13 Å². The minimum atomic E-state index is 0.658. The number of nitrogens with zero attached hydrogens (tertiary/aromatic N) is 8. The highest BCUT2D eigenvalue weighted by Gasteiger charge is 2.25. The van der Waals surface area contributed by atoms with Crippen LogP contribution in [0.25, 0.3) is 231 Å². The van der Waals surface area contributed by atoms with Gasteiger partial charge in [-0.3, -0.25) is 9.13 Å². The topological polar surface area (TPSA) is 71.3 Å². The molecular weight excluding hydrogens is 1430 g/mol. The Morgan fingerprint density at radius 1 is 0.153 bits per heavy atom. The molecule has 0 aliphatic rings. The molecule has 0 amide bonds. The quantitative estimate of drug-likeness (QED) is 0.144. The Morgan fingerprint density at radius 3 is 0.941 bits per heavy atom. The van der Waals surface area contributed by atoms with Gasteiger partial charge in [-0.1, -0.05) is 303 Å². The number of rotatable bonds is 9. The van der Waals surface area contributed by atoms with Crippen LogP contribution in [0.3, 0.4) is 0 Å². The predicted molar refractivity (Wildman–Crippen MR) is 494 cm³/mol. The molecule has 6 heterocycles. The number of benzene rings is 19. The van der Waals surface area contributed by atoms with E-state index in [1.165, 1.54) is 125 Å². The molecule has 0 N–H and O–H groups in total. The summed E-state index contributed by atoms with van der Waals surface area (Å²) in [6.45, 7) is 0. The third-order valence-electron chi connectivity index (χ3n) is 24.2. The van der Waals surface area contributed by atoms with Crippen molar-refractivity contribution in [3.8, 4) is 79.2 Å². The highest BCUT2D eigenvalue weighted by atomic mass is 15.2. The lowest BCUT2D eigenvalue weighted by Gasteiger charge is -2.12. The van der Waals surface area contributed by atoms with Crippen molar-refractivity contribution in [2.45, 2.75) is 0 Å². The molecule has 25 aromatic rings. The summed E-state index contributed by atoms with van der Waals surface area (Å²) in [5.41, 5.74) is 24.3. The molecule has 0 aliphatic carbocycles. The molecule has 0 aliphatic heterocycles. The summed E-state index contributed by atoms with van der Waals surface area (Å²) < 4.78 is 9.33. The van der Waals surface area contributed by atoms with Crippen LogP contribution in [-0.4, -0.2) is 38.2 Å². The van der Waals surface area contributed by atoms with E-state index >= 15 is 0 Å². The van der Waals surface area contributed by atoms with E-state index in [0.717, 1.165) is 94.3 Å². The lowest BCUT2D eigenvalue weighted by Crippen LogP contribution is -2.03. The first-order chi connectivity index (χ1) is 58.5. The van der Waals surface area contributed by atoms with Gasteiger partial charge in [0.2, 0.25) is 11.9 Å². The van der Waals surface area contributed by atoms with E-state index in [1.54, 1.807) is 0 Å². The van der Waals surface area contributed by atoms with Crippen molar-refractivity contribution < 1.29 is 0 Å². The van der Waals surface area contributed by atoms with Gasteiger partial charge >= 0.3 is 0 Å². The number of aromatic nitrogens is 8. The fourth-order valence-electron chi connectivity index (χ4n) is 18.8. The second kappa shape index (κ2) is 26.9. The maximum Gasteiger partial charge on any atom is 0.235 e. The monoisotopic (exact) mass is 1500 g/mol. The van der Waals surface area contributed by atoms with E-state index in [1.807, 2.05) is 18.2 Å². The normalized spacial score (nSPS) is 11.9. The van der Waals surface area contributed by atoms with Crippen molar-refractivity contribution in [3.05, 3.63) is 413 Å². The average molecular weight is 1500 g/mol. The molecular formula is C110H68N8. The zero-order valence-corrected chi connectivity index (χ0v) is 63.8. The molecule has 8 heteroatoms. The second-order valence-corrected chi connectivity index (χ2v) is 30.8. The summed E-state index contributed by atoms with van der Waals surface area (Å²) in [7, 11) is 0. The molecule has 6 aromatic heterocycles. The fraction of sp³-hybridized carbons (Fsp3) is 0. The van der Waals surface area contributed by atoms with Gasteiger partial charge in [0, 0.05) is 76.4 Å². The van der Waals surface area contributed by atoms with Gasteiger partial charge in [-0.05, 0) is 186 Å². The number of hydrogen-bond donors (Lipinski definition) is 0. The molecule has 0 unspecified atom stereocenters. The van der Waals surface area contributed by atoms with Crippen LogP contribution in [-0.2, 0) is 0 Å². The highest BCUT2D eigenvalue weighted by molar-refractivity contribution is 6.25. The van der Waals surface area contributed by atoms with Crippen molar-refractivity contribution in [1.82, 2.24) is 38.2 Å². The van der Waals surface area contributed by atoms with Gasteiger partial charge in [0.05, 0.1) is 66.6 Å². The van der Waals surface area contributed by atoms with Crippen LogP contribution >= 0.6 is 0 Å². The maximum absolute atomic E-state index is 5.36. The summed E-state index contributed by atoms with van der Waals surface area (Å²) in [6.07, 6.45) is 0. The smallest absolute Gasteiger partial charge is 0.235 e. The molecule has 19 aromatic carbocycles. The van der Waals surface area contributed by atoms with E-state index in [9.17, 15) is 0 Å². The van der Waals surface area contributed by atoms with E-state index < -0.39 is 0 Å². The van der Waals surface area contributed by atoms with Gasteiger partial charge in [-0.2, -0.15) is 0 Å². The Kier molecular flexibility index (Phi) is 15.2. The molecule has 548 valence electrons. The number of fused-ring (bicyclic) bond motifs is 21. The number of hydrogen-bond acceptors (Lipinski definition) is 4. The molecule has 0 radical (unpaired) electrons. The van der Waals surface area contributed by atoms with Crippen LogP contribution in [0.2, 0.25) is 0 Å². The van der Waals surface area contributed by atoms with Gasteiger partial charge in [0.15, 0.2) is 0 Å². The molecule has 0 bridgehead atoms. The standard InChI is InChI=1S/C56H34N4.C54H34N4/c1-2-15-38(16-3-1)55-45-20-10-11-21-48(45)57-56(58-55)60-50-29-26-41(34-47(50)54-44-19-9-7-14-37(44)24-31-52(54)60)40-25-28-49-46(33-40)53-43-18-8-6-13-36(43)23-30-51(53)59(49)42-27-22-35-12-4-5-17-39(35)32-42;1-3-13-35(14-4-1)36-23-28-41(29-24-36)57-50-31-27-40(34-46(50)52-42-18-8-7-15-37(42)25-32-51(52)57)39-26-30-49-45(33-39)43-19-10-12-22-48(43)58(49)54-55-47-21-11-9-20-44(47)53(56-54)38-16-5-2-6-17-38/h1-34H;1-34H. The Bertz CT molecular complexity index is 8420. The van der Waals surface area contributed by atoms with E-state index in [-0.39, 0.29) is 0 Å². The predicted octanol–water partition coefficient (Wildman–Crippen LogP) is 28.6. The summed E-state index contributed by atoms with van der Waals surface area (Å²) >= 11 is 0. The first kappa shape index (κ1) is 66.7. The van der Waals surface area contributed by atoms with E-state index in [4.69, 9.17) is 19.9 Å². The van der Waals surface area contributed by atoms with Crippen molar-refractivity contribution in [2.24, 2.45) is 0 Å². The molecule has 0 fully saturated rings. The van der Waals surface area contributed by atoms with Crippen LogP contribution in [0.15, 0.2) is 413 Å². The van der Waals surface area contributed by atoms with Gasteiger partial charge in [-0.25, -0.2) is 19.9 Å². The van der Waals surface area contributed by atoms with E-state index in [2.05, 4.69) is 413 Å². The van der Waals surface area contributed by atoms with Gasteiger partial charge in [0.1, 0.15) is 0 Å². The Labute approximate surface area is 677 Å². The Morgan fingerprint density at radius 2 is 0.458 bits per heavy atom. The summed E-state index contributed by atoms with van der Waals surface area (Å²) in [5, 5.41) is 21.6. The van der Waals surface area contributed by atoms with Crippen molar-refractivity contribution in [3.63, 3.8) is 0 Å². The average Bonchev–Trinajstić information content (AvgIpc) is 1.58. The summed E-state index contributed by atoms with van der Waals surface area (Å²) in [6, 6.07) is 148. The number of para-hydroxylation sites is 3. The SMILES string of the molecule is c1ccc(-c2ccc(-n3c4ccc(-c5ccc6c(c5)c5ccccc5n6-c5nc(-c6ccccc6)c6ccccc6n5)cc4c4c5ccccc5ccc43)cc2)cc1.c1ccc(-c2nc(-n3c4ccc(-c5ccc6c(c5)c5c7ccccc7ccc5n6-c5ccc6ccccc6c5)cc4c4c5ccccc5ccc43)nc3ccccc23)cc1. The first-order valence-corrected chi connectivity index (χ1v) is 40.2. The van der Waals surface area contributed by atoms with Crippen LogP contribution in [0, 0.1) is 0 Å². The molecule has 0 saturated heterocycles. The largest absolute Gasteiger partial charge is 0.309 e. The van der Waals surface area contributed by atoms with Crippen LogP contribution in [0.1, 0.15) is 0 Å². The minimum absolute atomic E-state index is 0.658. The third kappa shape index (κ3) is 10.7. The zero-order chi connectivity index (χ0) is 77.5. The lowest BCUT2D eigenvalue weighted by atomic mass is 9.98. The van der Waals surface area contributed by atoms with Crippen molar-refractivity contribution in [1.29, 1.82) is 0 Å². The van der Waals surface area contributed by atoms with Crippen LogP contribution in [0.4, 0.5) is 0 Å². The molecule has 0 spiro atoms. The lowest BCUT2D eigenvalue weighted by molar-refractivity contribution is 1.01. The molecule has 8 nitrogen and oxygen atoms in total. The second-order valence-electron chi connectivity index (χ2n) is 30.8. The molecule has 0 saturated carbocycles. The van der Waals surface area contributed by atoms with Crippen molar-refractivity contribution >= 4 is 152 Å². The van der Waals surface area contributed by atoms with Gasteiger partial charge in [0.25, 0.3) is 0 Å². The highest BCUT2D eigenvalue weighted by Crippen LogP contribution is 2.46. The summed E-state index contributed by atoms with van der Waals surface area (Å²) in [5.74, 6) is 1.32. The molecule has 118 heavy (non-hydrogen) atoms. The molecule has 0 atom stereocenters. The van der Waals surface area contributed by atoms with Crippen molar-refractivity contribution in [2.75, 3.05) is 0 Å². The van der Waals surface area contributed by atoms with E-state index in [0.29, 0.717) is 11.9 Å². The first-order valence-electron chi connectivity index (χ1n) is 40.2. The van der Waals surface area contributed by atoms with Gasteiger partial charge in [-0.15, -0.1) is 0 Å². The van der Waals surface area contributed by atoms with Crippen LogP contribution in [0.5, 0.6) is 0 Å². The minimum Gasteiger partial charge on any atom is -0.309 e. The Balaban J connectivity index is 0.000000135. The molecule has 25 rings (SSSR count). The summed E-state index contributed by atoms with van der Waals surface area (Å²) in [4.78, 5) is 21.1. The maximum atomic E-state index is 5.36. The van der Waals surface area contributed by atoms with Crippen LogP contribution < -0.4 is 0 Å². The zero-order valence-electron chi connectivity index (χ0n) is 63.8.